The van der Waals surface area contributed by atoms with Crippen molar-refractivity contribution < 1.29 is 33.8 Å². The van der Waals surface area contributed by atoms with Crippen LogP contribution in [0.15, 0.2) is 66.0 Å². The van der Waals surface area contributed by atoms with Crippen molar-refractivity contribution in [3.8, 4) is 0 Å². The van der Waals surface area contributed by atoms with E-state index in [1.54, 1.807) is 24.4 Å². The number of alkyl carbamates (subject to hydrolysis) is 1. The van der Waals surface area contributed by atoms with Crippen molar-refractivity contribution in [1.82, 2.24) is 35.8 Å². The van der Waals surface area contributed by atoms with Crippen LogP contribution in [-0.4, -0.2) is 110 Å². The van der Waals surface area contributed by atoms with Crippen molar-refractivity contribution in [2.24, 2.45) is 4.99 Å². The van der Waals surface area contributed by atoms with Crippen molar-refractivity contribution in [3.05, 3.63) is 77.3 Å². The fourth-order valence-electron chi connectivity index (χ4n) is 6.13. The standard InChI is InChI=1S/C40H51N9O7S2/c1-4-5-7-14-29(34(50)43-26-16-17-28-33(20-26)58-38(46-28)37-47-32(23-57-37)39(53)54)44-35(51)30(15-10-11-18-49(2)3)45-36(52)31(19-27-21-41-24-42-27)48-40(55)56-22-25-12-8-6-9-13-25/h6,8-9,12-13,16-17,20-21,24,29-32H,4-5,7,10-11,14-15,18-19,22-23H2,1-3H3,(H,41,42)(H,43,50)(H,44,51)(H,45,52)(H,48,55)(H,53,54). The maximum absolute atomic E-state index is 14.1. The summed E-state index contributed by atoms with van der Waals surface area (Å²) in [5.74, 6) is -2.15. The highest BCUT2D eigenvalue weighted by Gasteiger charge is 2.31. The van der Waals surface area contributed by atoms with Crippen LogP contribution in [0.4, 0.5) is 10.5 Å². The number of ether oxygens (including phenoxy) is 1. The zero-order valence-corrected chi connectivity index (χ0v) is 34.5. The van der Waals surface area contributed by atoms with Crippen LogP contribution in [0.3, 0.4) is 0 Å². The predicted molar refractivity (Wildman–Crippen MR) is 225 cm³/mol. The quantitative estimate of drug-likeness (QED) is 0.0595. The number of nitrogens with zero attached hydrogens (tertiary/aromatic N) is 4. The number of fused-ring (bicyclic) bond motifs is 1. The number of nitrogens with one attached hydrogen (secondary N) is 5. The summed E-state index contributed by atoms with van der Waals surface area (Å²) >= 11 is 2.71. The molecule has 58 heavy (non-hydrogen) atoms. The molecule has 4 atom stereocenters. The summed E-state index contributed by atoms with van der Waals surface area (Å²) in [7, 11) is 3.92. The van der Waals surface area contributed by atoms with E-state index in [4.69, 9.17) is 4.74 Å². The number of imidazole rings is 1. The summed E-state index contributed by atoms with van der Waals surface area (Å²) in [6, 6.07) is 10.6. The first-order valence-electron chi connectivity index (χ1n) is 19.3. The Morgan fingerprint density at radius 1 is 0.931 bits per heavy atom. The van der Waals surface area contributed by atoms with Crippen LogP contribution >= 0.6 is 23.1 Å². The molecular formula is C40H51N9O7S2. The number of thiazole rings is 1. The Balaban J connectivity index is 1.29. The lowest BCUT2D eigenvalue weighted by Crippen LogP contribution is -2.56. The average molecular weight is 834 g/mol. The first-order chi connectivity index (χ1) is 28.0. The summed E-state index contributed by atoms with van der Waals surface area (Å²) in [6.45, 7) is 2.84. The highest BCUT2D eigenvalue weighted by atomic mass is 32.2. The van der Waals surface area contributed by atoms with E-state index in [1.165, 1.54) is 29.4 Å². The van der Waals surface area contributed by atoms with Gasteiger partial charge in [-0.05, 0) is 70.1 Å². The molecule has 2 aromatic carbocycles. The Bertz CT molecular complexity index is 2020. The maximum Gasteiger partial charge on any atom is 0.408 e. The zero-order valence-electron chi connectivity index (χ0n) is 32.9. The van der Waals surface area contributed by atoms with Crippen molar-refractivity contribution >= 4 is 73.8 Å². The number of aromatic nitrogens is 3. The lowest BCUT2D eigenvalue weighted by Gasteiger charge is -2.25. The summed E-state index contributed by atoms with van der Waals surface area (Å²) in [6.07, 6.45) is 6.78. The minimum Gasteiger partial charge on any atom is -0.480 e. The van der Waals surface area contributed by atoms with Crippen LogP contribution < -0.4 is 21.3 Å². The number of aromatic amines is 1. The van der Waals surface area contributed by atoms with Crippen LogP contribution in [0, 0.1) is 0 Å². The molecule has 0 fully saturated rings. The number of benzene rings is 2. The molecule has 5 rings (SSSR count). The molecule has 0 saturated carbocycles. The number of H-pyrrole nitrogens is 1. The lowest BCUT2D eigenvalue weighted by molar-refractivity contribution is -0.137. The molecule has 18 heteroatoms. The molecule has 0 aliphatic carbocycles. The van der Waals surface area contributed by atoms with E-state index in [0.29, 0.717) is 58.4 Å². The number of rotatable bonds is 22. The van der Waals surface area contributed by atoms with Gasteiger partial charge >= 0.3 is 12.1 Å². The largest absolute Gasteiger partial charge is 0.480 e. The van der Waals surface area contributed by atoms with Crippen molar-refractivity contribution in [3.63, 3.8) is 0 Å². The fourth-order valence-corrected chi connectivity index (χ4v) is 8.23. The van der Waals surface area contributed by atoms with Crippen molar-refractivity contribution in [2.45, 2.75) is 89.1 Å². The molecule has 6 N–H and O–H groups in total. The second-order valence-electron chi connectivity index (χ2n) is 14.2. The molecule has 310 valence electrons. The van der Waals surface area contributed by atoms with E-state index in [0.717, 1.165) is 36.1 Å². The van der Waals surface area contributed by atoms with E-state index in [-0.39, 0.29) is 13.0 Å². The number of hydrogen-bond donors (Lipinski definition) is 6. The molecule has 4 amide bonds. The Kier molecular flexibility index (Phi) is 16.6. The molecule has 2 aromatic heterocycles. The number of amides is 4. The number of aliphatic carboxylic acids is 1. The van der Waals surface area contributed by atoms with Crippen molar-refractivity contribution in [1.29, 1.82) is 0 Å². The van der Waals surface area contributed by atoms with E-state index in [2.05, 4.69) is 41.2 Å². The highest BCUT2D eigenvalue weighted by Crippen LogP contribution is 2.31. The van der Waals surface area contributed by atoms with Gasteiger partial charge in [-0.15, -0.1) is 23.1 Å². The third kappa shape index (κ3) is 13.4. The number of carboxylic acid groups (broad SMARTS) is 1. The molecule has 0 radical (unpaired) electrons. The first kappa shape index (κ1) is 43.8. The van der Waals surface area contributed by atoms with E-state index >= 15 is 0 Å². The zero-order chi connectivity index (χ0) is 41.4. The Labute approximate surface area is 345 Å². The Morgan fingerprint density at radius 3 is 2.33 bits per heavy atom. The minimum atomic E-state index is -1.11. The average Bonchev–Trinajstić information content (AvgIpc) is 4.00. The number of carbonyl (C=O) groups excluding carboxylic acids is 4. The van der Waals surface area contributed by atoms with Gasteiger partial charge in [0.1, 0.15) is 34.8 Å². The van der Waals surface area contributed by atoms with Gasteiger partial charge in [0.15, 0.2) is 6.04 Å². The second kappa shape index (κ2) is 22.0. The fraction of sp³-hybridized carbons (Fsp3) is 0.450. The van der Waals surface area contributed by atoms with Crippen LogP contribution in [0.1, 0.15) is 68.1 Å². The van der Waals surface area contributed by atoms with E-state index in [1.807, 2.05) is 56.3 Å². The number of anilines is 1. The molecular weight excluding hydrogens is 783 g/mol. The van der Waals surface area contributed by atoms with Gasteiger partial charge in [-0.3, -0.25) is 19.4 Å². The first-order valence-corrected chi connectivity index (χ1v) is 21.1. The number of hydrogen-bond acceptors (Lipinski definition) is 12. The minimum absolute atomic E-state index is 0.00641. The van der Waals surface area contributed by atoms with Crippen molar-refractivity contribution in [2.75, 3.05) is 31.7 Å². The lowest BCUT2D eigenvalue weighted by atomic mass is 10.0. The Hall–Kier alpha value is -5.33. The number of thioether (sulfide) groups is 1. The molecule has 0 saturated heterocycles. The van der Waals surface area contributed by atoms with E-state index < -0.39 is 54.0 Å². The number of carboxylic acids is 1. The number of unbranched alkanes of at least 4 members (excludes halogenated alkanes) is 3. The van der Waals surface area contributed by atoms with Gasteiger partial charge in [-0.25, -0.2) is 19.6 Å². The van der Waals surface area contributed by atoms with Gasteiger partial charge in [0, 0.05) is 29.8 Å². The van der Waals surface area contributed by atoms with Gasteiger partial charge in [0.05, 0.1) is 16.5 Å². The van der Waals surface area contributed by atoms with Gasteiger partial charge in [0.2, 0.25) is 17.7 Å². The molecule has 0 spiro atoms. The van der Waals surface area contributed by atoms with Crippen LogP contribution in [0.5, 0.6) is 0 Å². The molecule has 16 nitrogen and oxygen atoms in total. The van der Waals surface area contributed by atoms with Gasteiger partial charge in [-0.2, -0.15) is 0 Å². The SMILES string of the molecule is CCCCCC(NC(=O)C(CCCCN(C)C)NC(=O)C(Cc1cnc[nH]1)NC(=O)OCc1ccccc1)C(=O)Nc1ccc2nc(C3=NC(C(=O)O)CS3)sc2c1. The monoisotopic (exact) mass is 833 g/mol. The summed E-state index contributed by atoms with van der Waals surface area (Å²) in [5, 5.41) is 21.9. The third-order valence-corrected chi connectivity index (χ3v) is 11.5. The smallest absolute Gasteiger partial charge is 0.408 e. The summed E-state index contributed by atoms with van der Waals surface area (Å²) < 4.78 is 6.19. The number of carbonyl (C=O) groups is 5. The van der Waals surface area contributed by atoms with Crippen LogP contribution in [-0.2, 0) is 36.9 Å². The second-order valence-corrected chi connectivity index (χ2v) is 16.3. The molecule has 4 aromatic rings. The summed E-state index contributed by atoms with van der Waals surface area (Å²) in [5.41, 5.74) is 2.57. The van der Waals surface area contributed by atoms with Crippen LogP contribution in [0.25, 0.3) is 10.2 Å². The van der Waals surface area contributed by atoms with E-state index in [9.17, 15) is 29.1 Å². The van der Waals surface area contributed by atoms with Gasteiger partial charge in [-0.1, -0.05) is 56.5 Å². The maximum atomic E-state index is 14.1. The Morgan fingerprint density at radius 2 is 1.66 bits per heavy atom. The molecule has 1 aliphatic rings. The summed E-state index contributed by atoms with van der Waals surface area (Å²) in [4.78, 5) is 84.1. The van der Waals surface area contributed by atoms with Crippen LogP contribution in [0.2, 0.25) is 0 Å². The molecule has 0 bridgehead atoms. The molecule has 3 heterocycles. The molecule has 1 aliphatic heterocycles. The number of aliphatic imine (C=N–C) groups is 1. The highest BCUT2D eigenvalue weighted by molar-refractivity contribution is 8.15. The van der Waals surface area contributed by atoms with Gasteiger partial charge < -0.3 is 41.0 Å². The third-order valence-electron chi connectivity index (χ3n) is 9.29. The van der Waals surface area contributed by atoms with Gasteiger partial charge in [0.25, 0.3) is 0 Å². The molecule has 4 unspecified atom stereocenters. The topological polar surface area (TPSA) is 220 Å². The normalized spacial score (nSPS) is 15.3. The predicted octanol–water partition coefficient (Wildman–Crippen LogP) is 4.72.